The monoisotopic (exact) mass is 196 g/mol. The summed E-state index contributed by atoms with van der Waals surface area (Å²) in [5.74, 6) is 1.50. The fraction of sp³-hybridized carbons (Fsp3) is 0.500. The Kier molecular flexibility index (Phi) is 4.78. The van der Waals surface area contributed by atoms with Crippen LogP contribution in [-0.4, -0.2) is 29.8 Å². The molecule has 2 N–H and O–H groups in total. The first-order valence-corrected chi connectivity index (χ1v) is 4.81. The van der Waals surface area contributed by atoms with Gasteiger partial charge < -0.3 is 15.2 Å². The van der Waals surface area contributed by atoms with Crippen LogP contribution in [0.2, 0.25) is 0 Å². The van der Waals surface area contributed by atoms with Gasteiger partial charge in [0.05, 0.1) is 6.61 Å². The van der Waals surface area contributed by atoms with Crippen molar-refractivity contribution in [3.8, 4) is 5.75 Å². The second-order valence-electron chi connectivity index (χ2n) is 2.79. The highest BCUT2D eigenvalue weighted by molar-refractivity contribution is 5.49. The zero-order chi connectivity index (χ0) is 10.2. The van der Waals surface area contributed by atoms with E-state index < -0.39 is 0 Å². The molecule has 0 aromatic carbocycles. The van der Waals surface area contributed by atoms with Crippen LogP contribution in [0.25, 0.3) is 0 Å². The lowest BCUT2D eigenvalue weighted by Crippen LogP contribution is -2.07. The Hall–Kier alpha value is -1.29. The Morgan fingerprint density at radius 2 is 2.43 bits per heavy atom. The van der Waals surface area contributed by atoms with Crippen LogP contribution in [0.4, 0.5) is 5.82 Å². The van der Waals surface area contributed by atoms with Crippen LogP contribution >= 0.6 is 0 Å². The summed E-state index contributed by atoms with van der Waals surface area (Å²) in [5, 5.41) is 11.7. The van der Waals surface area contributed by atoms with E-state index in [0.29, 0.717) is 19.6 Å². The molecule has 0 spiro atoms. The highest BCUT2D eigenvalue weighted by Gasteiger charge is 2.01. The third-order valence-corrected chi connectivity index (χ3v) is 1.70. The Morgan fingerprint density at radius 1 is 1.57 bits per heavy atom. The number of hydrogen-bond acceptors (Lipinski definition) is 4. The largest absolute Gasteiger partial charge is 0.490 e. The Labute approximate surface area is 83.9 Å². The van der Waals surface area contributed by atoms with Gasteiger partial charge >= 0.3 is 0 Å². The molecule has 0 bridgehead atoms. The van der Waals surface area contributed by atoms with Crippen molar-refractivity contribution in [2.24, 2.45) is 0 Å². The maximum absolute atomic E-state index is 8.63. The summed E-state index contributed by atoms with van der Waals surface area (Å²) >= 11 is 0. The lowest BCUT2D eigenvalue weighted by atomic mass is 10.4. The minimum Gasteiger partial charge on any atom is -0.490 e. The Bertz CT molecular complexity index is 266. The van der Waals surface area contributed by atoms with Gasteiger partial charge in [0.1, 0.15) is 0 Å². The van der Waals surface area contributed by atoms with Crippen LogP contribution in [-0.2, 0) is 0 Å². The standard InChI is InChI=1S/C10H16N2O2/c1-2-14-9-5-3-6-11-10(9)12-7-4-8-13/h3,5-6,13H,2,4,7-8H2,1H3,(H,11,12). The molecule has 0 atom stereocenters. The zero-order valence-electron chi connectivity index (χ0n) is 8.36. The molecule has 1 aromatic rings. The molecular weight excluding hydrogens is 180 g/mol. The second-order valence-corrected chi connectivity index (χ2v) is 2.79. The normalized spacial score (nSPS) is 9.86. The van der Waals surface area contributed by atoms with Crippen LogP contribution in [0.1, 0.15) is 13.3 Å². The molecule has 4 nitrogen and oxygen atoms in total. The van der Waals surface area contributed by atoms with E-state index in [1.54, 1.807) is 6.20 Å². The molecular formula is C10H16N2O2. The summed E-state index contributed by atoms with van der Waals surface area (Å²) in [4.78, 5) is 4.15. The van der Waals surface area contributed by atoms with E-state index in [1.807, 2.05) is 19.1 Å². The molecule has 0 unspecified atom stereocenters. The zero-order valence-corrected chi connectivity index (χ0v) is 8.36. The van der Waals surface area contributed by atoms with Crippen molar-refractivity contribution in [1.29, 1.82) is 0 Å². The van der Waals surface area contributed by atoms with E-state index in [2.05, 4.69) is 10.3 Å². The molecule has 0 aliphatic carbocycles. The quantitative estimate of drug-likeness (QED) is 0.673. The first kappa shape index (κ1) is 10.8. The average Bonchev–Trinajstić information content (AvgIpc) is 2.21. The molecule has 0 saturated heterocycles. The minimum atomic E-state index is 0.184. The molecule has 14 heavy (non-hydrogen) atoms. The van der Waals surface area contributed by atoms with Crippen molar-refractivity contribution in [3.63, 3.8) is 0 Å². The van der Waals surface area contributed by atoms with Gasteiger partial charge in [0.2, 0.25) is 0 Å². The van der Waals surface area contributed by atoms with Crippen LogP contribution in [0.5, 0.6) is 5.75 Å². The summed E-state index contributed by atoms with van der Waals surface area (Å²) in [7, 11) is 0. The summed E-state index contributed by atoms with van der Waals surface area (Å²) in [5.41, 5.74) is 0. The molecule has 0 saturated carbocycles. The number of nitrogens with zero attached hydrogens (tertiary/aromatic N) is 1. The first-order valence-electron chi connectivity index (χ1n) is 4.81. The molecule has 0 fully saturated rings. The minimum absolute atomic E-state index is 0.184. The van der Waals surface area contributed by atoms with Gasteiger partial charge in [-0.1, -0.05) is 0 Å². The SMILES string of the molecule is CCOc1cccnc1NCCCO. The molecule has 1 rings (SSSR count). The summed E-state index contributed by atoms with van der Waals surface area (Å²) in [6.45, 7) is 3.45. The smallest absolute Gasteiger partial charge is 0.168 e. The lowest BCUT2D eigenvalue weighted by Gasteiger charge is -2.09. The molecule has 0 amide bonds. The molecule has 4 heteroatoms. The number of aliphatic hydroxyl groups is 1. The van der Waals surface area contributed by atoms with Gasteiger partial charge in [0, 0.05) is 19.3 Å². The van der Waals surface area contributed by atoms with Crippen molar-refractivity contribution < 1.29 is 9.84 Å². The van der Waals surface area contributed by atoms with Gasteiger partial charge in [-0.2, -0.15) is 0 Å². The van der Waals surface area contributed by atoms with Crippen LogP contribution < -0.4 is 10.1 Å². The van der Waals surface area contributed by atoms with Crippen molar-refractivity contribution in [2.75, 3.05) is 25.1 Å². The predicted octanol–water partition coefficient (Wildman–Crippen LogP) is 1.27. The molecule has 1 heterocycles. The Balaban J connectivity index is 2.55. The van der Waals surface area contributed by atoms with Crippen LogP contribution in [0.3, 0.4) is 0 Å². The number of aromatic nitrogens is 1. The molecule has 78 valence electrons. The van der Waals surface area contributed by atoms with Gasteiger partial charge in [-0.15, -0.1) is 0 Å². The third-order valence-electron chi connectivity index (χ3n) is 1.70. The van der Waals surface area contributed by atoms with E-state index in [1.165, 1.54) is 0 Å². The van der Waals surface area contributed by atoms with E-state index in [4.69, 9.17) is 9.84 Å². The van der Waals surface area contributed by atoms with Crippen LogP contribution in [0, 0.1) is 0 Å². The average molecular weight is 196 g/mol. The molecule has 0 aliphatic heterocycles. The maximum Gasteiger partial charge on any atom is 0.168 e. The van der Waals surface area contributed by atoms with Crippen molar-refractivity contribution in [1.82, 2.24) is 4.98 Å². The van der Waals surface area contributed by atoms with Gasteiger partial charge in [-0.25, -0.2) is 4.98 Å². The summed E-state index contributed by atoms with van der Waals surface area (Å²) in [6.07, 6.45) is 2.42. The van der Waals surface area contributed by atoms with E-state index in [0.717, 1.165) is 11.6 Å². The number of pyridine rings is 1. The highest BCUT2D eigenvalue weighted by atomic mass is 16.5. The lowest BCUT2D eigenvalue weighted by molar-refractivity contribution is 0.292. The first-order chi connectivity index (χ1) is 6.88. The summed E-state index contributed by atoms with van der Waals surface area (Å²) in [6, 6.07) is 3.71. The number of hydrogen-bond donors (Lipinski definition) is 2. The van der Waals surface area contributed by atoms with E-state index >= 15 is 0 Å². The molecule has 0 aliphatic rings. The van der Waals surface area contributed by atoms with E-state index in [-0.39, 0.29) is 6.61 Å². The number of anilines is 1. The number of aliphatic hydroxyl groups excluding tert-OH is 1. The highest BCUT2D eigenvalue weighted by Crippen LogP contribution is 2.20. The fourth-order valence-electron chi connectivity index (χ4n) is 1.08. The molecule has 1 aromatic heterocycles. The maximum atomic E-state index is 8.63. The van der Waals surface area contributed by atoms with E-state index in [9.17, 15) is 0 Å². The Morgan fingerprint density at radius 3 is 3.14 bits per heavy atom. The molecule has 0 radical (unpaired) electrons. The van der Waals surface area contributed by atoms with Crippen molar-refractivity contribution in [3.05, 3.63) is 18.3 Å². The fourth-order valence-corrected chi connectivity index (χ4v) is 1.08. The van der Waals surface area contributed by atoms with Gasteiger partial charge in [0.25, 0.3) is 0 Å². The van der Waals surface area contributed by atoms with Crippen molar-refractivity contribution >= 4 is 5.82 Å². The van der Waals surface area contributed by atoms with Crippen LogP contribution in [0.15, 0.2) is 18.3 Å². The number of ether oxygens (including phenoxy) is 1. The van der Waals surface area contributed by atoms with Gasteiger partial charge in [-0.3, -0.25) is 0 Å². The number of rotatable bonds is 6. The second kappa shape index (κ2) is 6.21. The van der Waals surface area contributed by atoms with Gasteiger partial charge in [0.15, 0.2) is 11.6 Å². The predicted molar refractivity (Wildman–Crippen MR) is 55.6 cm³/mol. The summed E-state index contributed by atoms with van der Waals surface area (Å²) < 4.78 is 5.38. The topological polar surface area (TPSA) is 54.4 Å². The third kappa shape index (κ3) is 3.22. The van der Waals surface area contributed by atoms with Crippen molar-refractivity contribution in [2.45, 2.75) is 13.3 Å². The van der Waals surface area contributed by atoms with Gasteiger partial charge in [-0.05, 0) is 25.5 Å². The number of nitrogens with one attached hydrogen (secondary N) is 1.